The Bertz CT molecular complexity index is 1570. The van der Waals surface area contributed by atoms with Gasteiger partial charge < -0.3 is 48.1 Å². The number of carboxylic acid groups (broad SMARTS) is 1. The van der Waals surface area contributed by atoms with Crippen LogP contribution in [0.4, 0.5) is 0 Å². The van der Waals surface area contributed by atoms with Crippen LogP contribution in [0.2, 0.25) is 0 Å². The Morgan fingerprint density at radius 3 is 2.31 bits per heavy atom. The van der Waals surface area contributed by atoms with E-state index in [1.54, 1.807) is 30.3 Å². The molecule has 42 heavy (non-hydrogen) atoms. The number of methoxy groups -OCH3 is 4. The largest absolute Gasteiger partial charge is 0.493 e. The first-order chi connectivity index (χ1) is 20.3. The van der Waals surface area contributed by atoms with Crippen LogP contribution in [0.1, 0.15) is 27.4 Å². The van der Waals surface area contributed by atoms with Crippen molar-refractivity contribution in [2.24, 2.45) is 0 Å². The summed E-state index contributed by atoms with van der Waals surface area (Å²) in [5, 5.41) is 23.0. The molecule has 3 aliphatic heterocycles. The SMILES string of the molecule is COc1cc2c(-c3ccc4c(c3)OCO4)c3c(c(C(C(=O)O)[C@@H]4OC[C@@H](OC)[C@H](OC)[C@H]4O)c2cc1OC)COC3=O. The zero-order valence-corrected chi connectivity index (χ0v) is 23.4. The Morgan fingerprint density at radius 2 is 1.64 bits per heavy atom. The Hall–Kier alpha value is -4.10. The van der Waals surface area contributed by atoms with E-state index in [-0.39, 0.29) is 31.1 Å². The summed E-state index contributed by atoms with van der Waals surface area (Å²) in [7, 11) is 5.82. The Morgan fingerprint density at radius 1 is 0.929 bits per heavy atom. The fraction of sp³-hybridized carbons (Fsp3) is 0.400. The van der Waals surface area contributed by atoms with Crippen molar-refractivity contribution in [1.82, 2.24) is 0 Å². The monoisotopic (exact) mass is 582 g/mol. The van der Waals surface area contributed by atoms with Gasteiger partial charge in [-0.05, 0) is 46.2 Å². The maximum atomic E-state index is 13.4. The number of aliphatic carboxylic acids is 1. The zero-order valence-electron chi connectivity index (χ0n) is 23.4. The fourth-order valence-corrected chi connectivity index (χ4v) is 6.20. The van der Waals surface area contributed by atoms with E-state index in [2.05, 4.69) is 0 Å². The van der Waals surface area contributed by atoms with Gasteiger partial charge in [0.25, 0.3) is 0 Å². The van der Waals surface area contributed by atoms with Crippen molar-refractivity contribution in [1.29, 1.82) is 0 Å². The molecule has 0 bridgehead atoms. The van der Waals surface area contributed by atoms with Gasteiger partial charge >= 0.3 is 11.9 Å². The highest BCUT2D eigenvalue weighted by molar-refractivity contribution is 6.13. The van der Waals surface area contributed by atoms with Crippen LogP contribution in [0.25, 0.3) is 21.9 Å². The second kappa shape index (κ2) is 11.0. The number of carbonyl (C=O) groups is 2. The maximum Gasteiger partial charge on any atom is 0.339 e. The van der Waals surface area contributed by atoms with Gasteiger partial charge in [0.05, 0.1) is 26.4 Å². The summed E-state index contributed by atoms with van der Waals surface area (Å²) in [6, 6.07) is 8.66. The number of aliphatic hydroxyl groups excluding tert-OH is 1. The predicted octanol–water partition coefficient (Wildman–Crippen LogP) is 2.88. The minimum atomic E-state index is -1.43. The average Bonchev–Trinajstić information content (AvgIpc) is 3.62. The molecule has 1 fully saturated rings. The van der Waals surface area contributed by atoms with Gasteiger partial charge in [0.2, 0.25) is 6.79 Å². The molecule has 12 nitrogen and oxygen atoms in total. The number of rotatable bonds is 8. The van der Waals surface area contributed by atoms with Gasteiger partial charge in [-0.15, -0.1) is 0 Å². The van der Waals surface area contributed by atoms with Crippen LogP contribution in [0.5, 0.6) is 23.0 Å². The normalized spacial score (nSPS) is 23.4. The van der Waals surface area contributed by atoms with Gasteiger partial charge in [-0.3, -0.25) is 4.79 Å². The van der Waals surface area contributed by atoms with E-state index in [9.17, 15) is 19.8 Å². The predicted molar refractivity (Wildman–Crippen MR) is 145 cm³/mol. The van der Waals surface area contributed by atoms with Crippen LogP contribution in [0.15, 0.2) is 30.3 Å². The summed E-state index contributed by atoms with van der Waals surface area (Å²) in [5.41, 5.74) is 1.98. The molecular formula is C30H30O12. The Kier molecular flexibility index (Phi) is 7.31. The summed E-state index contributed by atoms with van der Waals surface area (Å²) in [6.45, 7) is -0.116. The van der Waals surface area contributed by atoms with Crippen molar-refractivity contribution in [3.8, 4) is 34.1 Å². The number of cyclic esters (lactones) is 1. The second-order valence-electron chi connectivity index (χ2n) is 10.1. The van der Waals surface area contributed by atoms with Crippen molar-refractivity contribution in [3.05, 3.63) is 47.0 Å². The molecule has 0 saturated carbocycles. The van der Waals surface area contributed by atoms with Gasteiger partial charge in [0.15, 0.2) is 23.0 Å². The Balaban J connectivity index is 1.66. The zero-order chi connectivity index (χ0) is 29.7. The van der Waals surface area contributed by atoms with Crippen LogP contribution in [0.3, 0.4) is 0 Å². The van der Waals surface area contributed by atoms with Crippen LogP contribution >= 0.6 is 0 Å². The first-order valence-corrected chi connectivity index (χ1v) is 13.2. The van der Waals surface area contributed by atoms with Gasteiger partial charge in [-0.1, -0.05) is 6.07 Å². The molecule has 0 spiro atoms. The van der Waals surface area contributed by atoms with Gasteiger partial charge in [-0.2, -0.15) is 0 Å². The summed E-state index contributed by atoms with van der Waals surface area (Å²) in [5.74, 6) is -1.52. The van der Waals surface area contributed by atoms with E-state index < -0.39 is 42.3 Å². The molecule has 6 rings (SSSR count). The van der Waals surface area contributed by atoms with Gasteiger partial charge in [0.1, 0.15) is 36.9 Å². The van der Waals surface area contributed by atoms with E-state index in [1.165, 1.54) is 28.4 Å². The van der Waals surface area contributed by atoms with Crippen LogP contribution in [-0.2, 0) is 30.3 Å². The number of benzene rings is 3. The minimum Gasteiger partial charge on any atom is -0.493 e. The molecule has 1 saturated heterocycles. The van der Waals surface area contributed by atoms with E-state index in [0.29, 0.717) is 50.5 Å². The third-order valence-corrected chi connectivity index (χ3v) is 8.15. The summed E-state index contributed by atoms with van der Waals surface area (Å²) in [4.78, 5) is 26.5. The summed E-state index contributed by atoms with van der Waals surface area (Å²) >= 11 is 0. The van der Waals surface area contributed by atoms with Crippen LogP contribution in [0, 0.1) is 0 Å². The number of carbonyl (C=O) groups excluding carboxylic acids is 1. The summed E-state index contributed by atoms with van der Waals surface area (Å²) < 4.78 is 44.6. The first kappa shape index (κ1) is 28.0. The third kappa shape index (κ3) is 4.29. The molecule has 12 heteroatoms. The highest BCUT2D eigenvalue weighted by Gasteiger charge is 2.48. The molecule has 1 unspecified atom stereocenters. The molecule has 2 N–H and O–H groups in total. The van der Waals surface area contributed by atoms with Crippen molar-refractivity contribution < 1.29 is 57.7 Å². The first-order valence-electron chi connectivity index (χ1n) is 13.2. The lowest BCUT2D eigenvalue weighted by Crippen LogP contribution is -2.57. The number of hydrogen-bond donors (Lipinski definition) is 2. The number of hydrogen-bond acceptors (Lipinski definition) is 11. The number of esters is 1. The average molecular weight is 583 g/mol. The van der Waals surface area contributed by atoms with Crippen molar-refractivity contribution in [2.45, 2.75) is 36.9 Å². The minimum absolute atomic E-state index is 0.0114. The number of aliphatic hydroxyl groups is 1. The lowest BCUT2D eigenvalue weighted by atomic mass is 9.78. The molecule has 5 atom stereocenters. The van der Waals surface area contributed by atoms with E-state index >= 15 is 0 Å². The molecule has 222 valence electrons. The van der Waals surface area contributed by atoms with Crippen molar-refractivity contribution in [2.75, 3.05) is 41.8 Å². The molecule has 3 aliphatic rings. The lowest BCUT2D eigenvalue weighted by Gasteiger charge is -2.41. The standard InChI is InChI=1S/C30H30O12/c1-35-18-8-14-15(9-19(18)36-2)23(25(29(32)33)28-26(31)27(38-4)21(37-3)11-39-28)16-10-40-30(34)24(16)22(14)13-5-6-17-20(7-13)42-12-41-17/h5-9,21,25-28,31H,10-12H2,1-4H3,(H,32,33)/t21-,25?,26-,27+,28+/m1/s1. The van der Waals surface area contributed by atoms with E-state index in [0.717, 1.165) is 0 Å². The number of ether oxygens (including phenoxy) is 8. The fourth-order valence-electron chi connectivity index (χ4n) is 6.20. The lowest BCUT2D eigenvalue weighted by molar-refractivity contribution is -0.211. The van der Waals surface area contributed by atoms with Crippen LogP contribution < -0.4 is 18.9 Å². The van der Waals surface area contributed by atoms with Gasteiger partial charge in [0, 0.05) is 25.3 Å². The highest BCUT2D eigenvalue weighted by Crippen LogP contribution is 2.49. The van der Waals surface area contributed by atoms with Crippen molar-refractivity contribution >= 4 is 22.7 Å². The topological polar surface area (TPSA) is 148 Å². The molecule has 3 aromatic rings. The number of carboxylic acids is 1. The molecule has 3 heterocycles. The molecule has 0 amide bonds. The molecule has 0 radical (unpaired) electrons. The molecule has 3 aromatic carbocycles. The van der Waals surface area contributed by atoms with E-state index in [4.69, 9.17) is 37.9 Å². The molecular weight excluding hydrogens is 552 g/mol. The third-order valence-electron chi connectivity index (χ3n) is 8.15. The summed E-state index contributed by atoms with van der Waals surface area (Å²) in [6.07, 6.45) is -4.07. The highest BCUT2D eigenvalue weighted by atomic mass is 16.7. The molecule has 0 aliphatic carbocycles. The van der Waals surface area contributed by atoms with Gasteiger partial charge in [-0.25, -0.2) is 4.79 Å². The molecule has 0 aromatic heterocycles. The second-order valence-corrected chi connectivity index (χ2v) is 10.1. The maximum absolute atomic E-state index is 13.4. The van der Waals surface area contributed by atoms with Crippen LogP contribution in [-0.4, -0.2) is 88.4 Å². The smallest absolute Gasteiger partial charge is 0.339 e. The Labute approximate surface area is 240 Å². The quantitative estimate of drug-likeness (QED) is 0.376. The van der Waals surface area contributed by atoms with E-state index in [1.807, 2.05) is 0 Å². The number of fused-ring (bicyclic) bond motifs is 3. The van der Waals surface area contributed by atoms with Crippen molar-refractivity contribution in [3.63, 3.8) is 0 Å².